The Labute approximate surface area is 153 Å². The maximum Gasteiger partial charge on any atom is 0.573 e. The van der Waals surface area contributed by atoms with Crippen LogP contribution >= 0.6 is 12.4 Å². The molecule has 0 radical (unpaired) electrons. The topological polar surface area (TPSA) is 81.1 Å². The number of para-hydroxylation sites is 2. The van der Waals surface area contributed by atoms with Crippen molar-refractivity contribution >= 4 is 24.0 Å². The number of piperidine rings is 1. The smallest absolute Gasteiger partial charge is 0.404 e. The fourth-order valence-corrected chi connectivity index (χ4v) is 2.60. The van der Waals surface area contributed by atoms with Gasteiger partial charge in [-0.2, -0.15) is 0 Å². The molecule has 7 nitrogen and oxygen atoms in total. The number of amides is 1. The van der Waals surface area contributed by atoms with Gasteiger partial charge >= 0.3 is 6.36 Å². The summed E-state index contributed by atoms with van der Waals surface area (Å²) in [6, 6.07) is 5.45. The molecule has 1 amide bonds. The Morgan fingerprint density at radius 1 is 1.27 bits per heavy atom. The molecule has 142 valence electrons. The Morgan fingerprint density at radius 3 is 2.65 bits per heavy atom. The predicted octanol–water partition coefficient (Wildman–Crippen LogP) is 2.78. The Kier molecular flexibility index (Phi) is 6.43. The highest BCUT2D eigenvalue weighted by Gasteiger charge is 2.32. The van der Waals surface area contributed by atoms with Crippen molar-refractivity contribution in [2.45, 2.75) is 25.2 Å². The predicted molar refractivity (Wildman–Crippen MR) is 89.5 cm³/mol. The number of rotatable bonds is 4. The molecule has 1 aromatic heterocycles. The van der Waals surface area contributed by atoms with E-state index in [-0.39, 0.29) is 29.8 Å². The Balaban J connectivity index is 0.00000243. The van der Waals surface area contributed by atoms with E-state index < -0.39 is 18.0 Å². The molecule has 0 saturated carbocycles. The minimum Gasteiger partial charge on any atom is -0.404 e. The largest absolute Gasteiger partial charge is 0.573 e. The van der Waals surface area contributed by atoms with E-state index in [0.29, 0.717) is 0 Å². The van der Waals surface area contributed by atoms with Crippen molar-refractivity contribution in [3.05, 3.63) is 36.2 Å². The van der Waals surface area contributed by atoms with E-state index in [4.69, 9.17) is 0 Å². The van der Waals surface area contributed by atoms with Crippen LogP contribution in [0.5, 0.6) is 5.75 Å². The average molecular weight is 392 g/mol. The second-order valence-electron chi connectivity index (χ2n) is 5.56. The van der Waals surface area contributed by atoms with E-state index in [9.17, 15) is 18.0 Å². The van der Waals surface area contributed by atoms with Crippen LogP contribution < -0.4 is 15.4 Å². The van der Waals surface area contributed by atoms with Crippen LogP contribution in [0.4, 0.5) is 18.9 Å². The number of hydrogen-bond donors (Lipinski definition) is 2. The first kappa shape index (κ1) is 20.0. The van der Waals surface area contributed by atoms with Gasteiger partial charge in [-0.15, -0.1) is 30.7 Å². The fourth-order valence-electron chi connectivity index (χ4n) is 2.60. The minimum absolute atomic E-state index is 0. The van der Waals surface area contributed by atoms with Crippen molar-refractivity contribution in [2.75, 3.05) is 18.4 Å². The van der Waals surface area contributed by atoms with E-state index in [1.807, 2.05) is 0 Å². The monoisotopic (exact) mass is 391 g/mol. The number of benzene rings is 1. The minimum atomic E-state index is -4.85. The van der Waals surface area contributed by atoms with Crippen LogP contribution in [0.15, 0.2) is 30.5 Å². The van der Waals surface area contributed by atoms with E-state index in [2.05, 4.69) is 25.7 Å². The summed E-state index contributed by atoms with van der Waals surface area (Å²) >= 11 is 0. The molecule has 2 heterocycles. The second-order valence-corrected chi connectivity index (χ2v) is 5.56. The molecular formula is C15H17ClF3N5O2. The molecule has 1 saturated heterocycles. The molecule has 11 heteroatoms. The van der Waals surface area contributed by atoms with Gasteiger partial charge in [-0.3, -0.25) is 4.79 Å². The summed E-state index contributed by atoms with van der Waals surface area (Å²) in [7, 11) is 0. The van der Waals surface area contributed by atoms with E-state index >= 15 is 0 Å². The second kappa shape index (κ2) is 8.37. The summed E-state index contributed by atoms with van der Waals surface area (Å²) in [5.41, 5.74) is -0.0680. The lowest BCUT2D eigenvalue weighted by atomic mass is 10.1. The molecule has 0 unspecified atom stereocenters. The van der Waals surface area contributed by atoms with E-state index in [1.54, 1.807) is 4.68 Å². The molecule has 0 spiro atoms. The third-order valence-electron chi connectivity index (χ3n) is 3.79. The van der Waals surface area contributed by atoms with Gasteiger partial charge < -0.3 is 15.4 Å². The summed E-state index contributed by atoms with van der Waals surface area (Å²) in [6.45, 7) is 1.71. The van der Waals surface area contributed by atoms with E-state index in [1.165, 1.54) is 24.4 Å². The number of halogens is 4. The molecule has 2 aromatic rings. The molecule has 1 aliphatic heterocycles. The zero-order valence-corrected chi connectivity index (χ0v) is 14.3. The molecule has 1 fully saturated rings. The molecule has 0 aliphatic carbocycles. The first-order valence-corrected chi connectivity index (χ1v) is 7.71. The maximum absolute atomic E-state index is 12.4. The van der Waals surface area contributed by atoms with Gasteiger partial charge in [0.1, 0.15) is 0 Å². The maximum atomic E-state index is 12.4. The molecular weight excluding hydrogens is 375 g/mol. The molecule has 3 rings (SSSR count). The Hall–Kier alpha value is -2.33. The van der Waals surface area contributed by atoms with Crippen LogP contribution in [-0.4, -0.2) is 40.4 Å². The van der Waals surface area contributed by atoms with Gasteiger partial charge in [-0.25, -0.2) is 4.68 Å². The third-order valence-corrected chi connectivity index (χ3v) is 3.79. The number of nitrogens with zero attached hydrogens (tertiary/aromatic N) is 3. The van der Waals surface area contributed by atoms with Crippen LogP contribution in [-0.2, 0) is 0 Å². The zero-order valence-electron chi connectivity index (χ0n) is 13.5. The van der Waals surface area contributed by atoms with Gasteiger partial charge in [0.2, 0.25) is 0 Å². The molecule has 0 atom stereocenters. The van der Waals surface area contributed by atoms with Crippen molar-refractivity contribution in [2.24, 2.45) is 0 Å². The molecule has 2 N–H and O–H groups in total. The number of hydrogen-bond acceptors (Lipinski definition) is 5. The Bertz CT molecular complexity index is 747. The lowest BCUT2D eigenvalue weighted by Gasteiger charge is -2.22. The van der Waals surface area contributed by atoms with Crippen LogP contribution in [0.3, 0.4) is 0 Å². The van der Waals surface area contributed by atoms with Crippen molar-refractivity contribution in [1.82, 2.24) is 20.3 Å². The zero-order chi connectivity index (χ0) is 17.9. The van der Waals surface area contributed by atoms with Crippen LogP contribution in [0.25, 0.3) is 0 Å². The fraction of sp³-hybridized carbons (Fsp3) is 0.400. The van der Waals surface area contributed by atoms with Gasteiger partial charge in [0.15, 0.2) is 11.4 Å². The molecule has 26 heavy (non-hydrogen) atoms. The van der Waals surface area contributed by atoms with E-state index in [0.717, 1.165) is 32.0 Å². The standard InChI is InChI=1S/C15H16F3N5O2.ClH/c16-15(17,18)25-13-4-2-1-3-11(13)20-14(24)12-9-23(22-21-12)10-5-7-19-8-6-10;/h1-4,9-10,19H,5-8H2,(H,20,24);1H. The third kappa shape index (κ3) is 5.09. The van der Waals surface area contributed by atoms with Crippen molar-refractivity contribution in [3.63, 3.8) is 0 Å². The first-order valence-electron chi connectivity index (χ1n) is 7.71. The average Bonchev–Trinajstić information content (AvgIpc) is 3.06. The lowest BCUT2D eigenvalue weighted by molar-refractivity contribution is -0.274. The number of carbonyl (C=O) groups is 1. The lowest BCUT2D eigenvalue weighted by Crippen LogP contribution is -2.29. The highest BCUT2D eigenvalue weighted by molar-refractivity contribution is 6.03. The quantitative estimate of drug-likeness (QED) is 0.837. The summed E-state index contributed by atoms with van der Waals surface area (Å²) in [6.07, 6.45) is -1.61. The van der Waals surface area contributed by atoms with Crippen molar-refractivity contribution in [1.29, 1.82) is 0 Å². The van der Waals surface area contributed by atoms with Gasteiger partial charge in [0.05, 0.1) is 17.9 Å². The highest BCUT2D eigenvalue weighted by Crippen LogP contribution is 2.30. The van der Waals surface area contributed by atoms with Crippen LogP contribution in [0, 0.1) is 0 Å². The SMILES string of the molecule is Cl.O=C(Nc1ccccc1OC(F)(F)F)c1cn(C2CCNCC2)nn1. The highest BCUT2D eigenvalue weighted by atomic mass is 35.5. The van der Waals surface area contributed by atoms with Gasteiger partial charge in [0.25, 0.3) is 5.91 Å². The number of aromatic nitrogens is 3. The molecule has 1 aromatic carbocycles. The molecule has 1 aliphatic rings. The van der Waals surface area contributed by atoms with Gasteiger partial charge in [-0.1, -0.05) is 17.3 Å². The Morgan fingerprint density at radius 2 is 1.96 bits per heavy atom. The number of ether oxygens (including phenoxy) is 1. The molecule has 0 bridgehead atoms. The van der Waals surface area contributed by atoms with Gasteiger partial charge in [-0.05, 0) is 38.1 Å². The van der Waals surface area contributed by atoms with Crippen molar-refractivity contribution < 1.29 is 22.7 Å². The number of nitrogens with one attached hydrogen (secondary N) is 2. The van der Waals surface area contributed by atoms with Crippen LogP contribution in [0.2, 0.25) is 0 Å². The number of alkyl halides is 3. The summed E-state index contributed by atoms with van der Waals surface area (Å²) in [5.74, 6) is -1.15. The summed E-state index contributed by atoms with van der Waals surface area (Å²) < 4.78 is 42.8. The van der Waals surface area contributed by atoms with Gasteiger partial charge in [0, 0.05) is 0 Å². The van der Waals surface area contributed by atoms with Crippen LogP contribution in [0.1, 0.15) is 29.4 Å². The number of anilines is 1. The normalized spacial score (nSPS) is 15.2. The number of carbonyl (C=O) groups excluding carboxylic acids is 1. The first-order chi connectivity index (χ1) is 11.9. The van der Waals surface area contributed by atoms with Crippen molar-refractivity contribution in [3.8, 4) is 5.75 Å². The summed E-state index contributed by atoms with van der Waals surface area (Å²) in [5, 5.41) is 13.4. The summed E-state index contributed by atoms with van der Waals surface area (Å²) in [4.78, 5) is 12.3.